The van der Waals surface area contributed by atoms with E-state index >= 15 is 0 Å². The van der Waals surface area contributed by atoms with Gasteiger partial charge >= 0.3 is 7.12 Å². The predicted molar refractivity (Wildman–Crippen MR) is 69.7 cm³/mol. The highest BCUT2D eigenvalue weighted by Gasteiger charge is 2.53. The third-order valence-electron chi connectivity index (χ3n) is 3.56. The molecule has 98 valence electrons. The summed E-state index contributed by atoms with van der Waals surface area (Å²) in [5.74, 6) is 0. The number of nitrogens with zero attached hydrogens (tertiary/aromatic N) is 2. The van der Waals surface area contributed by atoms with E-state index in [9.17, 15) is 4.39 Å². The van der Waals surface area contributed by atoms with Gasteiger partial charge in [0.25, 0.3) is 0 Å². The van der Waals surface area contributed by atoms with E-state index in [4.69, 9.17) is 9.31 Å². The lowest BCUT2D eigenvalue weighted by Gasteiger charge is -2.32. The highest BCUT2D eigenvalue weighted by atomic mass is 32.1. The summed E-state index contributed by atoms with van der Waals surface area (Å²) in [7, 11) is -0.975. The van der Waals surface area contributed by atoms with Crippen LogP contribution in [0.5, 0.6) is 0 Å². The first kappa shape index (κ1) is 13.6. The Balaban J connectivity index is 2.27. The van der Waals surface area contributed by atoms with Crippen molar-refractivity contribution in [3.05, 3.63) is 16.8 Å². The van der Waals surface area contributed by atoms with Gasteiger partial charge in [0.1, 0.15) is 11.4 Å². The lowest BCUT2D eigenvalue weighted by molar-refractivity contribution is 0.00578. The minimum absolute atomic E-state index is 0.405. The van der Waals surface area contributed by atoms with Crippen molar-refractivity contribution < 1.29 is 13.7 Å². The van der Waals surface area contributed by atoms with Crippen LogP contribution in [-0.2, 0) is 9.31 Å². The van der Waals surface area contributed by atoms with Crippen molar-refractivity contribution in [1.29, 1.82) is 0 Å². The summed E-state index contributed by atoms with van der Waals surface area (Å²) >= 11 is 1.18. The molecule has 0 aromatic carbocycles. The average Bonchev–Trinajstić information content (AvgIpc) is 2.84. The first-order valence-electron chi connectivity index (χ1n) is 5.74. The molecule has 7 heteroatoms. The van der Waals surface area contributed by atoms with Gasteiger partial charge in [-0.2, -0.15) is 0 Å². The molecule has 0 aliphatic carbocycles. The van der Waals surface area contributed by atoms with E-state index < -0.39 is 24.0 Å². The van der Waals surface area contributed by atoms with Crippen LogP contribution in [0.4, 0.5) is 4.39 Å². The van der Waals surface area contributed by atoms with Crippen LogP contribution < -0.4 is 0 Å². The lowest BCUT2D eigenvalue weighted by Crippen LogP contribution is -2.41. The molecule has 1 aliphatic rings. The molecule has 1 aromatic rings. The van der Waals surface area contributed by atoms with E-state index in [1.54, 1.807) is 12.3 Å². The standard InChI is InChI=1S/C11H16BFN2O2S/c1-7(8-6-18-15-14-8)9(13)12-16-10(2,3)11(4,5)17-12/h6H,1-5H3. The molecular formula is C11H16BFN2O2S. The monoisotopic (exact) mass is 270 g/mol. The Kier molecular flexibility index (Phi) is 3.33. The molecular weight excluding hydrogens is 254 g/mol. The molecule has 0 saturated carbocycles. The summed E-state index contributed by atoms with van der Waals surface area (Å²) in [4.78, 5) is 0. The van der Waals surface area contributed by atoms with Crippen LogP contribution in [0.3, 0.4) is 0 Å². The Morgan fingerprint density at radius 3 is 2.28 bits per heavy atom. The third-order valence-corrected chi connectivity index (χ3v) is 4.07. The minimum Gasteiger partial charge on any atom is -0.398 e. The predicted octanol–water partition coefficient (Wildman–Crippen LogP) is 2.87. The molecule has 1 aliphatic heterocycles. The van der Waals surface area contributed by atoms with Crippen molar-refractivity contribution in [3.8, 4) is 0 Å². The fraction of sp³-hybridized carbons (Fsp3) is 0.636. The Morgan fingerprint density at radius 2 is 1.83 bits per heavy atom. The van der Waals surface area contributed by atoms with E-state index in [2.05, 4.69) is 9.59 Å². The Hall–Kier alpha value is -0.785. The van der Waals surface area contributed by atoms with Crippen LogP contribution in [-0.4, -0.2) is 27.9 Å². The summed E-state index contributed by atoms with van der Waals surface area (Å²) < 4.78 is 29.3. The normalized spacial score (nSPS) is 23.1. The van der Waals surface area contributed by atoms with Gasteiger partial charge in [-0.05, 0) is 46.2 Å². The molecule has 0 radical (unpaired) electrons. The Bertz CT molecular complexity index is 457. The molecule has 0 spiro atoms. The van der Waals surface area contributed by atoms with Crippen LogP contribution in [0.1, 0.15) is 40.3 Å². The van der Waals surface area contributed by atoms with Gasteiger partial charge in [-0.1, -0.05) is 4.49 Å². The summed E-state index contributed by atoms with van der Waals surface area (Å²) in [5, 5.41) is 5.54. The minimum atomic E-state index is -0.975. The maximum Gasteiger partial charge on any atom is 0.525 e. The zero-order chi connectivity index (χ0) is 13.6. The molecule has 0 N–H and O–H groups in total. The second-order valence-electron chi connectivity index (χ2n) is 5.35. The summed E-state index contributed by atoms with van der Waals surface area (Å²) in [6, 6.07) is 0. The number of rotatable bonds is 2. The van der Waals surface area contributed by atoms with Gasteiger partial charge in [0.2, 0.25) is 0 Å². The van der Waals surface area contributed by atoms with E-state index in [0.717, 1.165) is 0 Å². The van der Waals surface area contributed by atoms with Gasteiger partial charge in [-0.15, -0.1) is 5.10 Å². The van der Waals surface area contributed by atoms with Crippen LogP contribution in [0, 0.1) is 0 Å². The molecule has 18 heavy (non-hydrogen) atoms. The van der Waals surface area contributed by atoms with E-state index in [1.807, 2.05) is 27.7 Å². The van der Waals surface area contributed by atoms with Crippen LogP contribution in [0.2, 0.25) is 0 Å². The van der Waals surface area contributed by atoms with Crippen molar-refractivity contribution >= 4 is 24.2 Å². The Labute approximate surface area is 110 Å². The van der Waals surface area contributed by atoms with E-state index in [1.165, 1.54) is 11.5 Å². The van der Waals surface area contributed by atoms with Gasteiger partial charge in [0.05, 0.1) is 11.2 Å². The zero-order valence-corrected chi connectivity index (χ0v) is 12.0. The highest BCUT2D eigenvalue weighted by Crippen LogP contribution is 2.39. The van der Waals surface area contributed by atoms with Crippen LogP contribution >= 0.6 is 11.5 Å². The lowest BCUT2D eigenvalue weighted by atomic mass is 9.84. The molecule has 1 aromatic heterocycles. The van der Waals surface area contributed by atoms with Gasteiger partial charge in [-0.25, -0.2) is 4.39 Å². The molecule has 0 atom stereocenters. The largest absolute Gasteiger partial charge is 0.525 e. The number of hydrogen-bond acceptors (Lipinski definition) is 5. The molecule has 0 bridgehead atoms. The fourth-order valence-electron chi connectivity index (χ4n) is 1.57. The molecule has 1 saturated heterocycles. The van der Waals surface area contributed by atoms with Crippen LogP contribution in [0.25, 0.3) is 5.57 Å². The maximum absolute atomic E-state index is 14.3. The molecule has 0 unspecified atom stereocenters. The van der Waals surface area contributed by atoms with Gasteiger partial charge in [0, 0.05) is 11.0 Å². The summed E-state index contributed by atoms with van der Waals surface area (Å²) in [5.41, 5.74) is -0.610. The number of halogens is 1. The number of aromatic nitrogens is 2. The topological polar surface area (TPSA) is 44.2 Å². The van der Waals surface area contributed by atoms with Gasteiger partial charge in [0.15, 0.2) is 0 Å². The quantitative estimate of drug-likeness (QED) is 0.775. The first-order valence-corrected chi connectivity index (χ1v) is 6.57. The molecule has 4 nitrogen and oxygen atoms in total. The van der Waals surface area contributed by atoms with E-state index in [0.29, 0.717) is 11.3 Å². The third kappa shape index (κ3) is 2.22. The number of allylic oxidation sites excluding steroid dienone is 1. The molecule has 2 heterocycles. The van der Waals surface area contributed by atoms with Crippen molar-refractivity contribution in [1.82, 2.24) is 9.59 Å². The van der Waals surface area contributed by atoms with Gasteiger partial charge in [-0.3, -0.25) is 0 Å². The maximum atomic E-state index is 14.3. The second-order valence-corrected chi connectivity index (χ2v) is 5.96. The molecule has 0 amide bonds. The molecule has 1 fully saturated rings. The van der Waals surface area contributed by atoms with Crippen molar-refractivity contribution in [3.63, 3.8) is 0 Å². The SMILES string of the molecule is CC(=C(F)B1OC(C)(C)C(C)(C)O1)c1csnn1. The Morgan fingerprint density at radius 1 is 1.28 bits per heavy atom. The first-order chi connectivity index (χ1) is 8.24. The second kappa shape index (κ2) is 4.40. The van der Waals surface area contributed by atoms with Crippen molar-refractivity contribution in [2.75, 3.05) is 0 Å². The van der Waals surface area contributed by atoms with Gasteiger partial charge < -0.3 is 9.31 Å². The zero-order valence-electron chi connectivity index (χ0n) is 11.2. The van der Waals surface area contributed by atoms with E-state index in [-0.39, 0.29) is 0 Å². The highest BCUT2D eigenvalue weighted by molar-refractivity contribution is 7.03. The fourth-order valence-corrected chi connectivity index (χ4v) is 2.08. The molecule has 2 rings (SSSR count). The summed E-state index contributed by atoms with van der Waals surface area (Å²) in [6.45, 7) is 9.21. The summed E-state index contributed by atoms with van der Waals surface area (Å²) in [6.07, 6.45) is 0. The average molecular weight is 270 g/mol. The van der Waals surface area contributed by atoms with Crippen molar-refractivity contribution in [2.45, 2.75) is 45.8 Å². The van der Waals surface area contributed by atoms with Crippen molar-refractivity contribution in [2.24, 2.45) is 0 Å². The number of hydrogen-bond donors (Lipinski definition) is 0. The van der Waals surface area contributed by atoms with Crippen LogP contribution in [0.15, 0.2) is 11.1 Å². The smallest absolute Gasteiger partial charge is 0.398 e.